The predicted octanol–water partition coefficient (Wildman–Crippen LogP) is 3.24. The summed E-state index contributed by atoms with van der Waals surface area (Å²) >= 11 is 0. The van der Waals surface area contributed by atoms with Gasteiger partial charge in [-0.25, -0.2) is 0 Å². The number of hydrogen-bond acceptors (Lipinski definition) is 3. The zero-order valence-electron chi connectivity index (χ0n) is 14.4. The minimum absolute atomic E-state index is 0.0280. The highest BCUT2D eigenvalue weighted by Crippen LogP contribution is 2.22. The number of nitrogens with one attached hydrogen (secondary N) is 1. The lowest BCUT2D eigenvalue weighted by molar-refractivity contribution is -0.121. The largest absolute Gasteiger partial charge is 0.396 e. The molecule has 0 aliphatic heterocycles. The lowest BCUT2D eigenvalue weighted by atomic mass is 10.0. The van der Waals surface area contributed by atoms with Gasteiger partial charge in [-0.3, -0.25) is 9.69 Å². The molecule has 0 saturated heterocycles. The molecule has 2 N–H and O–H groups in total. The fourth-order valence-corrected chi connectivity index (χ4v) is 2.85. The first-order valence-corrected chi connectivity index (χ1v) is 8.49. The Bertz CT molecular complexity index is 622. The Morgan fingerprint density at radius 3 is 2.21 bits per heavy atom. The van der Waals surface area contributed by atoms with E-state index >= 15 is 0 Å². The van der Waals surface area contributed by atoms with Crippen molar-refractivity contribution in [2.75, 3.05) is 25.0 Å². The van der Waals surface area contributed by atoms with E-state index in [9.17, 15) is 4.79 Å². The number of carbonyl (C=O) groups is 1. The third-order valence-corrected chi connectivity index (χ3v) is 4.16. The van der Waals surface area contributed by atoms with E-state index in [1.807, 2.05) is 54.6 Å². The summed E-state index contributed by atoms with van der Waals surface area (Å²) in [6, 6.07) is 17.2. The Labute approximate surface area is 144 Å². The van der Waals surface area contributed by atoms with Gasteiger partial charge in [-0.15, -0.1) is 0 Å². The molecule has 0 spiro atoms. The van der Waals surface area contributed by atoms with Crippen LogP contribution < -0.4 is 5.32 Å². The van der Waals surface area contributed by atoms with E-state index in [-0.39, 0.29) is 18.6 Å². The van der Waals surface area contributed by atoms with Gasteiger partial charge in [0.25, 0.3) is 0 Å². The molecule has 2 aromatic carbocycles. The van der Waals surface area contributed by atoms with Gasteiger partial charge in [-0.1, -0.05) is 56.3 Å². The van der Waals surface area contributed by atoms with Crippen molar-refractivity contribution in [2.24, 2.45) is 0 Å². The number of anilines is 1. The van der Waals surface area contributed by atoms with E-state index in [2.05, 4.69) is 24.1 Å². The summed E-state index contributed by atoms with van der Waals surface area (Å²) in [5, 5.41) is 12.0. The summed E-state index contributed by atoms with van der Waals surface area (Å²) in [4.78, 5) is 15.0. The van der Waals surface area contributed by atoms with Crippen LogP contribution in [0, 0.1) is 0 Å². The third-order valence-electron chi connectivity index (χ3n) is 4.16. The number of nitrogens with zero attached hydrogens (tertiary/aromatic N) is 1. The van der Waals surface area contributed by atoms with Gasteiger partial charge in [0.2, 0.25) is 5.91 Å². The monoisotopic (exact) mass is 326 g/mol. The van der Waals surface area contributed by atoms with Gasteiger partial charge in [0.05, 0.1) is 0 Å². The van der Waals surface area contributed by atoms with Gasteiger partial charge in [0, 0.05) is 12.3 Å². The number of rotatable bonds is 8. The average molecular weight is 326 g/mol. The van der Waals surface area contributed by atoms with Crippen LogP contribution in [-0.2, 0) is 11.2 Å². The van der Waals surface area contributed by atoms with E-state index in [1.54, 1.807) is 0 Å². The zero-order chi connectivity index (χ0) is 17.4. The van der Waals surface area contributed by atoms with Crippen molar-refractivity contribution in [3.63, 3.8) is 0 Å². The topological polar surface area (TPSA) is 52.6 Å². The number of hydrogen-bond donors (Lipinski definition) is 2. The lowest BCUT2D eigenvalue weighted by Crippen LogP contribution is -2.37. The fraction of sp³-hybridized carbons (Fsp3) is 0.350. The maximum atomic E-state index is 12.9. The molecule has 4 heteroatoms. The quantitative estimate of drug-likeness (QED) is 0.783. The second kappa shape index (κ2) is 9.21. The SMILES string of the molecule is CCN(CC)C(C(=O)Nc1ccc(CCO)cc1)c1ccccc1. The smallest absolute Gasteiger partial charge is 0.246 e. The highest BCUT2D eigenvalue weighted by atomic mass is 16.3. The van der Waals surface area contributed by atoms with E-state index in [4.69, 9.17) is 5.11 Å². The average Bonchev–Trinajstić information content (AvgIpc) is 2.62. The maximum absolute atomic E-state index is 12.9. The first-order chi connectivity index (χ1) is 11.7. The van der Waals surface area contributed by atoms with Gasteiger partial charge >= 0.3 is 0 Å². The van der Waals surface area contributed by atoms with Crippen LogP contribution in [0.4, 0.5) is 5.69 Å². The molecule has 0 aliphatic rings. The molecule has 0 bridgehead atoms. The molecule has 0 heterocycles. The van der Waals surface area contributed by atoms with Crippen LogP contribution >= 0.6 is 0 Å². The lowest BCUT2D eigenvalue weighted by Gasteiger charge is -2.29. The molecule has 24 heavy (non-hydrogen) atoms. The van der Waals surface area contributed by atoms with Gasteiger partial charge in [0.15, 0.2) is 0 Å². The minimum atomic E-state index is -0.307. The van der Waals surface area contributed by atoms with Crippen molar-refractivity contribution in [3.8, 4) is 0 Å². The van der Waals surface area contributed by atoms with Crippen molar-refractivity contribution in [1.29, 1.82) is 0 Å². The Morgan fingerprint density at radius 1 is 1.04 bits per heavy atom. The molecule has 128 valence electrons. The van der Waals surface area contributed by atoms with Crippen LogP contribution in [0.5, 0.6) is 0 Å². The van der Waals surface area contributed by atoms with E-state index in [0.29, 0.717) is 6.42 Å². The molecule has 0 radical (unpaired) electrons. The number of aliphatic hydroxyl groups excluding tert-OH is 1. The Morgan fingerprint density at radius 2 is 1.67 bits per heavy atom. The van der Waals surface area contributed by atoms with Crippen LogP contribution in [-0.4, -0.2) is 35.6 Å². The van der Waals surface area contributed by atoms with Crippen molar-refractivity contribution >= 4 is 11.6 Å². The summed E-state index contributed by atoms with van der Waals surface area (Å²) in [7, 11) is 0. The maximum Gasteiger partial charge on any atom is 0.246 e. The van der Waals surface area contributed by atoms with E-state index < -0.39 is 0 Å². The number of likely N-dealkylation sites (N-methyl/N-ethyl adjacent to an activating group) is 1. The molecule has 2 aromatic rings. The molecular formula is C20H26N2O2. The summed E-state index contributed by atoms with van der Waals surface area (Å²) in [5.41, 5.74) is 2.82. The molecule has 0 saturated carbocycles. The molecule has 1 atom stereocenters. The zero-order valence-corrected chi connectivity index (χ0v) is 14.4. The highest BCUT2D eigenvalue weighted by molar-refractivity contribution is 5.95. The van der Waals surface area contributed by atoms with Crippen LogP contribution in [0.15, 0.2) is 54.6 Å². The minimum Gasteiger partial charge on any atom is -0.396 e. The van der Waals surface area contributed by atoms with Crippen LogP contribution in [0.1, 0.15) is 31.0 Å². The van der Waals surface area contributed by atoms with Crippen LogP contribution in [0.3, 0.4) is 0 Å². The van der Waals surface area contributed by atoms with E-state index in [1.165, 1.54) is 0 Å². The highest BCUT2D eigenvalue weighted by Gasteiger charge is 2.25. The summed E-state index contributed by atoms with van der Waals surface area (Å²) in [5.74, 6) is -0.0280. The first kappa shape index (κ1) is 18.2. The summed E-state index contributed by atoms with van der Waals surface area (Å²) in [6.07, 6.45) is 0.625. The normalized spacial score (nSPS) is 12.2. The molecule has 0 fully saturated rings. The Hall–Kier alpha value is -2.17. The second-order valence-electron chi connectivity index (χ2n) is 5.69. The standard InChI is InChI=1S/C20H26N2O2/c1-3-22(4-2)19(17-8-6-5-7-9-17)20(24)21-18-12-10-16(11-13-18)14-15-23/h5-13,19,23H,3-4,14-15H2,1-2H3,(H,21,24). The number of carbonyl (C=O) groups excluding carboxylic acids is 1. The van der Waals surface area contributed by atoms with Crippen molar-refractivity contribution in [3.05, 3.63) is 65.7 Å². The van der Waals surface area contributed by atoms with Crippen molar-refractivity contribution in [2.45, 2.75) is 26.3 Å². The van der Waals surface area contributed by atoms with Crippen LogP contribution in [0.2, 0.25) is 0 Å². The van der Waals surface area contributed by atoms with Gasteiger partial charge in [-0.2, -0.15) is 0 Å². The fourth-order valence-electron chi connectivity index (χ4n) is 2.85. The molecular weight excluding hydrogens is 300 g/mol. The number of aliphatic hydroxyl groups is 1. The van der Waals surface area contributed by atoms with Gasteiger partial charge in [-0.05, 0) is 42.8 Å². The Balaban J connectivity index is 2.18. The molecule has 2 rings (SSSR count). The predicted molar refractivity (Wildman–Crippen MR) is 98.0 cm³/mol. The van der Waals surface area contributed by atoms with Gasteiger partial charge < -0.3 is 10.4 Å². The third kappa shape index (κ3) is 4.66. The summed E-state index contributed by atoms with van der Waals surface area (Å²) in [6.45, 7) is 5.87. The van der Waals surface area contributed by atoms with Crippen LogP contribution in [0.25, 0.3) is 0 Å². The van der Waals surface area contributed by atoms with Crippen molar-refractivity contribution in [1.82, 2.24) is 4.90 Å². The summed E-state index contributed by atoms with van der Waals surface area (Å²) < 4.78 is 0. The van der Waals surface area contributed by atoms with Crippen molar-refractivity contribution < 1.29 is 9.90 Å². The molecule has 1 amide bonds. The first-order valence-electron chi connectivity index (χ1n) is 8.49. The molecule has 4 nitrogen and oxygen atoms in total. The molecule has 1 unspecified atom stereocenters. The molecule has 0 aromatic heterocycles. The number of amides is 1. The molecule has 0 aliphatic carbocycles. The van der Waals surface area contributed by atoms with Gasteiger partial charge in [0.1, 0.15) is 6.04 Å². The van der Waals surface area contributed by atoms with E-state index in [0.717, 1.165) is 29.9 Å². The number of benzene rings is 2. The Kier molecular flexibility index (Phi) is 6.97. The second-order valence-corrected chi connectivity index (χ2v) is 5.69.